The van der Waals surface area contributed by atoms with Crippen molar-refractivity contribution < 1.29 is 4.74 Å². The summed E-state index contributed by atoms with van der Waals surface area (Å²) in [6.07, 6.45) is 6.73. The van der Waals surface area contributed by atoms with Crippen LogP contribution in [-0.4, -0.2) is 19.6 Å². The highest BCUT2D eigenvalue weighted by Gasteiger charge is 2.52. The SMILES string of the molecule is COCCCC1(CCl)CC2CC2C1. The molecule has 2 saturated carbocycles. The molecule has 2 fully saturated rings. The minimum Gasteiger partial charge on any atom is -0.385 e. The molecule has 0 spiro atoms. The van der Waals surface area contributed by atoms with E-state index in [0.29, 0.717) is 5.41 Å². The molecule has 2 rings (SSSR count). The van der Waals surface area contributed by atoms with Crippen LogP contribution in [0, 0.1) is 17.3 Å². The largest absolute Gasteiger partial charge is 0.385 e. The fourth-order valence-corrected chi connectivity index (χ4v) is 3.33. The molecular formula is C11H19ClO. The summed E-state index contributed by atoms with van der Waals surface area (Å²) in [7, 11) is 1.78. The molecule has 0 heterocycles. The predicted molar refractivity (Wildman–Crippen MR) is 55.1 cm³/mol. The zero-order chi connectivity index (χ0) is 9.31. The summed E-state index contributed by atoms with van der Waals surface area (Å²) in [5.41, 5.74) is 0.494. The van der Waals surface area contributed by atoms with Crippen LogP contribution in [0.3, 0.4) is 0 Å². The van der Waals surface area contributed by atoms with Crippen molar-refractivity contribution in [2.45, 2.75) is 32.1 Å². The molecule has 76 valence electrons. The molecule has 0 aliphatic heterocycles. The number of fused-ring (bicyclic) bond motifs is 1. The Kier molecular flexibility index (Phi) is 2.85. The Balaban J connectivity index is 1.78. The molecule has 0 radical (unpaired) electrons. The van der Waals surface area contributed by atoms with Crippen molar-refractivity contribution in [3.05, 3.63) is 0 Å². The molecule has 0 aromatic heterocycles. The van der Waals surface area contributed by atoms with E-state index in [2.05, 4.69) is 0 Å². The van der Waals surface area contributed by atoms with Gasteiger partial charge in [0, 0.05) is 19.6 Å². The average molecular weight is 203 g/mol. The molecule has 0 amide bonds. The van der Waals surface area contributed by atoms with Gasteiger partial charge in [-0.15, -0.1) is 11.6 Å². The van der Waals surface area contributed by atoms with Crippen molar-refractivity contribution in [1.82, 2.24) is 0 Å². The van der Waals surface area contributed by atoms with E-state index in [1.54, 1.807) is 7.11 Å². The van der Waals surface area contributed by atoms with E-state index in [1.165, 1.54) is 32.1 Å². The predicted octanol–water partition coefficient (Wildman–Crippen LogP) is 3.07. The number of methoxy groups -OCH3 is 1. The lowest BCUT2D eigenvalue weighted by Gasteiger charge is -2.28. The van der Waals surface area contributed by atoms with Gasteiger partial charge in [-0.25, -0.2) is 0 Å². The maximum absolute atomic E-state index is 6.09. The highest BCUT2D eigenvalue weighted by Crippen LogP contribution is 2.61. The first kappa shape index (κ1) is 9.79. The zero-order valence-corrected chi connectivity index (χ0v) is 9.15. The number of hydrogen-bond donors (Lipinski definition) is 0. The molecule has 2 unspecified atom stereocenters. The minimum absolute atomic E-state index is 0.494. The minimum atomic E-state index is 0.494. The van der Waals surface area contributed by atoms with Gasteiger partial charge < -0.3 is 4.74 Å². The molecule has 0 bridgehead atoms. The maximum Gasteiger partial charge on any atom is 0.0462 e. The van der Waals surface area contributed by atoms with Gasteiger partial charge >= 0.3 is 0 Å². The fourth-order valence-electron chi connectivity index (χ4n) is 2.98. The topological polar surface area (TPSA) is 9.23 Å². The van der Waals surface area contributed by atoms with Gasteiger partial charge in [-0.3, -0.25) is 0 Å². The van der Waals surface area contributed by atoms with Crippen molar-refractivity contribution in [2.75, 3.05) is 19.6 Å². The van der Waals surface area contributed by atoms with Gasteiger partial charge in [0.2, 0.25) is 0 Å². The van der Waals surface area contributed by atoms with Gasteiger partial charge in [0.25, 0.3) is 0 Å². The Bertz CT molecular complexity index is 171. The number of hydrogen-bond acceptors (Lipinski definition) is 1. The number of ether oxygens (including phenoxy) is 1. The molecule has 13 heavy (non-hydrogen) atoms. The summed E-state index contributed by atoms with van der Waals surface area (Å²) in [6.45, 7) is 0.897. The van der Waals surface area contributed by atoms with Gasteiger partial charge in [-0.05, 0) is 49.4 Å². The van der Waals surface area contributed by atoms with Crippen molar-refractivity contribution in [1.29, 1.82) is 0 Å². The summed E-state index contributed by atoms with van der Waals surface area (Å²) in [5, 5.41) is 0. The molecule has 2 heteroatoms. The fraction of sp³-hybridized carbons (Fsp3) is 1.00. The molecule has 2 atom stereocenters. The Morgan fingerprint density at radius 1 is 1.38 bits per heavy atom. The van der Waals surface area contributed by atoms with Gasteiger partial charge in [0.15, 0.2) is 0 Å². The molecule has 0 aromatic carbocycles. The van der Waals surface area contributed by atoms with E-state index in [0.717, 1.165) is 24.3 Å². The number of alkyl halides is 1. The van der Waals surface area contributed by atoms with Crippen LogP contribution in [0.25, 0.3) is 0 Å². The molecule has 2 aliphatic rings. The third-order valence-corrected chi connectivity index (χ3v) is 4.37. The van der Waals surface area contributed by atoms with E-state index < -0.39 is 0 Å². The molecule has 0 N–H and O–H groups in total. The van der Waals surface area contributed by atoms with E-state index >= 15 is 0 Å². The Hall–Kier alpha value is 0.250. The normalized spacial score (nSPS) is 42.0. The van der Waals surface area contributed by atoms with Crippen LogP contribution in [0.4, 0.5) is 0 Å². The molecule has 0 aromatic rings. The Labute approximate surface area is 85.8 Å². The second-order valence-electron chi connectivity index (χ2n) is 4.89. The molecule has 1 nitrogen and oxygen atoms in total. The van der Waals surface area contributed by atoms with Crippen LogP contribution in [0.15, 0.2) is 0 Å². The average Bonchev–Trinajstić information content (AvgIpc) is 2.76. The van der Waals surface area contributed by atoms with Crippen LogP contribution in [-0.2, 0) is 4.74 Å². The Morgan fingerprint density at radius 3 is 2.62 bits per heavy atom. The summed E-state index contributed by atoms with van der Waals surface area (Å²) >= 11 is 6.09. The Morgan fingerprint density at radius 2 is 2.08 bits per heavy atom. The lowest BCUT2D eigenvalue weighted by molar-refractivity contribution is 0.168. The van der Waals surface area contributed by atoms with E-state index in [-0.39, 0.29) is 0 Å². The summed E-state index contributed by atoms with van der Waals surface area (Å²) in [4.78, 5) is 0. The smallest absolute Gasteiger partial charge is 0.0462 e. The van der Waals surface area contributed by atoms with Crippen LogP contribution < -0.4 is 0 Å². The highest BCUT2D eigenvalue weighted by atomic mass is 35.5. The van der Waals surface area contributed by atoms with Gasteiger partial charge in [0.05, 0.1) is 0 Å². The second kappa shape index (κ2) is 3.78. The summed E-state index contributed by atoms with van der Waals surface area (Å²) in [6, 6.07) is 0. The highest BCUT2D eigenvalue weighted by molar-refractivity contribution is 6.18. The third kappa shape index (κ3) is 2.02. The number of rotatable bonds is 5. The quantitative estimate of drug-likeness (QED) is 0.492. The lowest BCUT2D eigenvalue weighted by Crippen LogP contribution is -2.21. The van der Waals surface area contributed by atoms with Gasteiger partial charge in [0.1, 0.15) is 0 Å². The van der Waals surface area contributed by atoms with E-state index in [1.807, 2.05) is 0 Å². The van der Waals surface area contributed by atoms with Crippen molar-refractivity contribution in [3.63, 3.8) is 0 Å². The van der Waals surface area contributed by atoms with E-state index in [4.69, 9.17) is 16.3 Å². The van der Waals surface area contributed by atoms with Gasteiger partial charge in [-0.2, -0.15) is 0 Å². The first-order chi connectivity index (χ1) is 6.29. The standard InChI is InChI=1S/C11H19ClO/c1-13-4-2-3-11(8-12)6-9-5-10(9)7-11/h9-10H,2-8H2,1H3. The van der Waals surface area contributed by atoms with Crippen molar-refractivity contribution in [3.8, 4) is 0 Å². The first-order valence-corrected chi connectivity index (χ1v) is 5.88. The second-order valence-corrected chi connectivity index (χ2v) is 5.16. The van der Waals surface area contributed by atoms with Crippen LogP contribution in [0.1, 0.15) is 32.1 Å². The summed E-state index contributed by atoms with van der Waals surface area (Å²) < 4.78 is 5.09. The van der Waals surface area contributed by atoms with E-state index in [9.17, 15) is 0 Å². The molecular weight excluding hydrogens is 184 g/mol. The van der Waals surface area contributed by atoms with Crippen LogP contribution in [0.2, 0.25) is 0 Å². The maximum atomic E-state index is 6.09. The van der Waals surface area contributed by atoms with Gasteiger partial charge in [-0.1, -0.05) is 0 Å². The molecule has 2 aliphatic carbocycles. The molecule has 0 saturated heterocycles. The first-order valence-electron chi connectivity index (χ1n) is 5.34. The van der Waals surface area contributed by atoms with Crippen LogP contribution >= 0.6 is 11.6 Å². The number of halogens is 1. The van der Waals surface area contributed by atoms with Crippen LogP contribution in [0.5, 0.6) is 0 Å². The monoisotopic (exact) mass is 202 g/mol. The van der Waals surface area contributed by atoms with Crippen molar-refractivity contribution >= 4 is 11.6 Å². The zero-order valence-electron chi connectivity index (χ0n) is 8.39. The lowest BCUT2D eigenvalue weighted by atomic mass is 9.81. The summed E-state index contributed by atoms with van der Waals surface area (Å²) in [5.74, 6) is 2.95. The third-order valence-electron chi connectivity index (χ3n) is 3.80. The van der Waals surface area contributed by atoms with Crippen molar-refractivity contribution in [2.24, 2.45) is 17.3 Å².